The predicted molar refractivity (Wildman–Crippen MR) is 63.1 cm³/mol. The highest BCUT2D eigenvalue weighted by Crippen LogP contribution is 2.24. The second kappa shape index (κ2) is 5.33. The van der Waals surface area contributed by atoms with Crippen molar-refractivity contribution in [2.75, 3.05) is 25.1 Å². The van der Waals surface area contributed by atoms with Gasteiger partial charge in [-0.1, -0.05) is 5.11 Å². The molecular formula is C10H12N6O2. The van der Waals surface area contributed by atoms with E-state index in [1.807, 2.05) is 0 Å². The zero-order chi connectivity index (χ0) is 13.0. The zero-order valence-electron chi connectivity index (χ0n) is 9.85. The molecule has 0 saturated carbocycles. The first-order valence-corrected chi connectivity index (χ1v) is 5.42. The maximum atomic E-state index is 11.8. The van der Waals surface area contributed by atoms with Crippen molar-refractivity contribution in [2.45, 2.75) is 6.42 Å². The van der Waals surface area contributed by atoms with E-state index in [1.165, 1.54) is 7.11 Å². The maximum absolute atomic E-state index is 11.8. The van der Waals surface area contributed by atoms with Crippen LogP contribution < -0.4 is 9.64 Å². The summed E-state index contributed by atoms with van der Waals surface area (Å²) in [6.07, 6.45) is 3.46. The number of hydrogen-bond donors (Lipinski definition) is 0. The van der Waals surface area contributed by atoms with Crippen molar-refractivity contribution in [3.63, 3.8) is 0 Å². The van der Waals surface area contributed by atoms with Gasteiger partial charge in [-0.25, -0.2) is 9.97 Å². The summed E-state index contributed by atoms with van der Waals surface area (Å²) in [5, 5.41) is 3.49. The second-order valence-electron chi connectivity index (χ2n) is 3.92. The number of hydrogen-bond acceptors (Lipinski definition) is 5. The average Bonchev–Trinajstić information content (AvgIpc) is 2.78. The monoisotopic (exact) mass is 248 g/mol. The van der Waals surface area contributed by atoms with Gasteiger partial charge in [0.1, 0.15) is 0 Å². The Morgan fingerprint density at radius 1 is 1.61 bits per heavy atom. The first-order valence-electron chi connectivity index (χ1n) is 5.42. The van der Waals surface area contributed by atoms with Crippen LogP contribution in [0.4, 0.5) is 5.69 Å². The Kier molecular flexibility index (Phi) is 3.59. The third kappa shape index (κ3) is 2.49. The second-order valence-corrected chi connectivity index (χ2v) is 3.92. The molecule has 94 valence electrons. The van der Waals surface area contributed by atoms with Gasteiger partial charge in [0, 0.05) is 24.4 Å². The van der Waals surface area contributed by atoms with E-state index < -0.39 is 0 Å². The number of aromatic nitrogens is 2. The van der Waals surface area contributed by atoms with Crippen LogP contribution in [0, 0.1) is 5.92 Å². The fourth-order valence-electron chi connectivity index (χ4n) is 1.86. The number of methoxy groups -OCH3 is 1. The van der Waals surface area contributed by atoms with Gasteiger partial charge >= 0.3 is 6.01 Å². The Balaban J connectivity index is 2.08. The van der Waals surface area contributed by atoms with Crippen LogP contribution in [0.1, 0.15) is 6.42 Å². The van der Waals surface area contributed by atoms with Crippen molar-refractivity contribution in [1.82, 2.24) is 9.97 Å². The van der Waals surface area contributed by atoms with Gasteiger partial charge in [0.25, 0.3) is 0 Å². The molecule has 1 aliphatic rings. The molecule has 2 rings (SSSR count). The van der Waals surface area contributed by atoms with Crippen molar-refractivity contribution >= 4 is 11.6 Å². The Hall–Kier alpha value is -2.34. The highest BCUT2D eigenvalue weighted by Gasteiger charge is 2.30. The van der Waals surface area contributed by atoms with Crippen LogP contribution in [0.2, 0.25) is 0 Å². The number of nitrogens with zero attached hydrogens (tertiary/aromatic N) is 6. The van der Waals surface area contributed by atoms with Gasteiger partial charge in [-0.05, 0) is 11.4 Å². The summed E-state index contributed by atoms with van der Waals surface area (Å²) in [4.78, 5) is 24.0. The largest absolute Gasteiger partial charge is 0.467 e. The molecule has 18 heavy (non-hydrogen) atoms. The third-order valence-corrected chi connectivity index (χ3v) is 2.72. The molecule has 8 nitrogen and oxygen atoms in total. The first kappa shape index (κ1) is 12.1. The van der Waals surface area contributed by atoms with Crippen LogP contribution in [0.5, 0.6) is 6.01 Å². The molecule has 0 radical (unpaired) electrons. The van der Waals surface area contributed by atoms with Gasteiger partial charge in [0.05, 0.1) is 25.2 Å². The number of carbonyl (C=O) groups is 1. The van der Waals surface area contributed by atoms with Crippen molar-refractivity contribution < 1.29 is 9.53 Å². The number of carbonyl (C=O) groups excluding carboxylic acids is 1. The summed E-state index contributed by atoms with van der Waals surface area (Å²) in [6, 6.07) is 0.260. The van der Waals surface area contributed by atoms with Gasteiger partial charge in [-0.15, -0.1) is 0 Å². The normalized spacial score (nSPS) is 18.6. The van der Waals surface area contributed by atoms with Crippen molar-refractivity contribution in [3.05, 3.63) is 22.8 Å². The van der Waals surface area contributed by atoms with Crippen molar-refractivity contribution in [2.24, 2.45) is 11.0 Å². The predicted octanol–water partition coefficient (Wildman–Crippen LogP) is 1.15. The van der Waals surface area contributed by atoms with Gasteiger partial charge in [-0.2, -0.15) is 0 Å². The molecule has 8 heteroatoms. The summed E-state index contributed by atoms with van der Waals surface area (Å²) in [5.41, 5.74) is 8.89. The van der Waals surface area contributed by atoms with Crippen LogP contribution in [-0.2, 0) is 4.79 Å². The van der Waals surface area contributed by atoms with Crippen LogP contribution in [0.25, 0.3) is 10.4 Å². The van der Waals surface area contributed by atoms with E-state index in [0.717, 1.165) is 0 Å². The molecule has 1 unspecified atom stereocenters. The number of rotatable bonds is 4. The average molecular weight is 248 g/mol. The van der Waals surface area contributed by atoms with Gasteiger partial charge in [-0.3, -0.25) is 4.79 Å². The fraction of sp³-hybridized carbons (Fsp3) is 0.500. The number of ether oxygens (including phenoxy) is 1. The third-order valence-electron chi connectivity index (χ3n) is 2.72. The lowest BCUT2D eigenvalue weighted by Gasteiger charge is -2.15. The fourth-order valence-corrected chi connectivity index (χ4v) is 1.86. The number of anilines is 1. The van der Waals surface area contributed by atoms with E-state index in [1.54, 1.807) is 17.3 Å². The van der Waals surface area contributed by atoms with E-state index >= 15 is 0 Å². The van der Waals surface area contributed by atoms with Gasteiger partial charge in [0.15, 0.2) is 0 Å². The van der Waals surface area contributed by atoms with Crippen LogP contribution in [-0.4, -0.2) is 36.1 Å². The zero-order valence-corrected chi connectivity index (χ0v) is 9.85. The summed E-state index contributed by atoms with van der Waals surface area (Å²) in [6.45, 7) is 0.850. The van der Waals surface area contributed by atoms with Gasteiger partial charge < -0.3 is 9.64 Å². The molecule has 1 aromatic heterocycles. The molecule has 0 aromatic carbocycles. The van der Waals surface area contributed by atoms with Crippen molar-refractivity contribution in [1.29, 1.82) is 0 Å². The van der Waals surface area contributed by atoms with Crippen LogP contribution in [0.15, 0.2) is 17.5 Å². The smallest absolute Gasteiger partial charge is 0.316 e. The lowest BCUT2D eigenvalue weighted by atomic mass is 10.1. The van der Waals surface area contributed by atoms with E-state index in [2.05, 4.69) is 20.0 Å². The summed E-state index contributed by atoms with van der Waals surface area (Å²) in [7, 11) is 1.48. The Morgan fingerprint density at radius 2 is 2.33 bits per heavy atom. The molecule has 0 bridgehead atoms. The Labute approximate surface area is 103 Å². The Bertz CT molecular complexity index is 482. The van der Waals surface area contributed by atoms with E-state index in [9.17, 15) is 4.79 Å². The molecule has 0 N–H and O–H groups in total. The summed E-state index contributed by atoms with van der Waals surface area (Å²) in [5.74, 6) is 0.0393. The molecule has 1 aliphatic heterocycles. The summed E-state index contributed by atoms with van der Waals surface area (Å²) < 4.78 is 4.85. The number of amides is 1. The minimum absolute atomic E-state index is 0.0121. The highest BCUT2D eigenvalue weighted by atomic mass is 16.5. The van der Waals surface area contributed by atoms with Crippen LogP contribution >= 0.6 is 0 Å². The highest BCUT2D eigenvalue weighted by molar-refractivity contribution is 5.95. The van der Waals surface area contributed by atoms with E-state index in [0.29, 0.717) is 25.2 Å². The molecule has 0 aliphatic carbocycles. The molecule has 1 saturated heterocycles. The Morgan fingerprint density at radius 3 is 2.94 bits per heavy atom. The molecule has 1 atom stereocenters. The van der Waals surface area contributed by atoms with E-state index in [4.69, 9.17) is 10.3 Å². The SMILES string of the molecule is COc1ncc(N2CC(CN=[N+]=[N-])CC2=O)cn1. The van der Waals surface area contributed by atoms with Crippen molar-refractivity contribution in [3.8, 4) is 6.01 Å². The molecular weight excluding hydrogens is 236 g/mol. The quantitative estimate of drug-likeness (QED) is 0.452. The molecule has 1 fully saturated rings. The standard InChI is InChI=1S/C10H12N6O2/c1-18-10-12-4-8(5-13-10)16-6-7(2-9(16)17)3-14-15-11/h4-5,7H,2-3,6H2,1H3. The maximum Gasteiger partial charge on any atom is 0.316 e. The molecule has 2 heterocycles. The minimum atomic E-state index is -0.0121. The minimum Gasteiger partial charge on any atom is -0.467 e. The lowest BCUT2D eigenvalue weighted by molar-refractivity contribution is -0.117. The lowest BCUT2D eigenvalue weighted by Crippen LogP contribution is -2.25. The summed E-state index contributed by atoms with van der Waals surface area (Å²) >= 11 is 0. The van der Waals surface area contributed by atoms with Gasteiger partial charge in [0.2, 0.25) is 5.91 Å². The topological polar surface area (TPSA) is 104 Å². The first-order chi connectivity index (χ1) is 8.74. The van der Waals surface area contributed by atoms with E-state index in [-0.39, 0.29) is 17.8 Å². The molecule has 0 spiro atoms. The van der Waals surface area contributed by atoms with Crippen LogP contribution in [0.3, 0.4) is 0 Å². The molecule has 1 amide bonds. The number of azide groups is 1. The molecule has 1 aromatic rings.